The van der Waals surface area contributed by atoms with E-state index in [1.165, 1.54) is 0 Å². The molecule has 104 heavy (non-hydrogen) atoms. The van der Waals surface area contributed by atoms with Crippen molar-refractivity contribution in [1.82, 2.24) is 0 Å². The first kappa shape index (κ1) is 73.9. The summed E-state index contributed by atoms with van der Waals surface area (Å²) in [6, 6.07) is 99.2. The van der Waals surface area contributed by atoms with Crippen LogP contribution in [0.25, 0.3) is 0 Å². The van der Waals surface area contributed by atoms with Crippen LogP contribution in [-0.4, -0.2) is 112 Å². The molecule has 3 saturated heterocycles. The van der Waals surface area contributed by atoms with Gasteiger partial charge in [0.25, 0.3) is 0 Å². The minimum atomic E-state index is -1.75. The fourth-order valence-corrected chi connectivity index (χ4v) is 13.2. The lowest BCUT2D eigenvalue weighted by molar-refractivity contribution is -0.538. The first-order valence-electron chi connectivity index (χ1n) is 35.9. The van der Waals surface area contributed by atoms with Crippen molar-refractivity contribution in [3.63, 3.8) is 0 Å². The average Bonchev–Trinajstić information content (AvgIpc) is 0.789. The molecule has 3 heterocycles. The highest BCUT2D eigenvalue weighted by Gasteiger charge is 2.54. The van der Waals surface area contributed by atoms with Gasteiger partial charge in [0, 0.05) is 6.29 Å². The van der Waals surface area contributed by atoms with Gasteiger partial charge in [-0.25, -0.2) is 0 Å². The van der Waals surface area contributed by atoms with Crippen LogP contribution in [0.1, 0.15) is 55.6 Å². The molecule has 0 saturated carbocycles. The van der Waals surface area contributed by atoms with Crippen molar-refractivity contribution in [3.05, 3.63) is 359 Å². The zero-order chi connectivity index (χ0) is 70.6. The highest BCUT2D eigenvalue weighted by molar-refractivity contribution is 5.21. The van der Waals surface area contributed by atoms with E-state index in [1.54, 1.807) is 0 Å². The van der Waals surface area contributed by atoms with Crippen LogP contribution in [0.15, 0.2) is 303 Å². The second kappa shape index (κ2) is 39.6. The third kappa shape index (κ3) is 21.6. The van der Waals surface area contributed by atoms with E-state index >= 15 is 0 Å². The van der Waals surface area contributed by atoms with Crippen LogP contribution < -0.4 is 5.11 Å². The van der Waals surface area contributed by atoms with Crippen molar-refractivity contribution in [3.8, 4) is 0 Å². The lowest BCUT2D eigenvalue weighted by Gasteiger charge is -2.50. The van der Waals surface area contributed by atoms with Crippen molar-refractivity contribution >= 4 is 0 Å². The van der Waals surface area contributed by atoms with Gasteiger partial charge in [-0.15, -0.1) is 0 Å². The molecule has 0 N–H and O–H groups in total. The van der Waals surface area contributed by atoms with Gasteiger partial charge >= 0.3 is 0 Å². The molecule has 0 aromatic heterocycles. The Kier molecular flexibility index (Phi) is 28.1. The van der Waals surface area contributed by atoms with Crippen molar-refractivity contribution in [2.75, 3.05) is 19.8 Å². The van der Waals surface area contributed by atoms with Crippen LogP contribution in [0.4, 0.5) is 0 Å². The second-order valence-electron chi connectivity index (χ2n) is 26.1. The highest BCUT2D eigenvalue weighted by atomic mass is 16.8. The van der Waals surface area contributed by atoms with Gasteiger partial charge in [0.1, 0.15) is 67.1 Å². The van der Waals surface area contributed by atoms with Gasteiger partial charge in [0.15, 0.2) is 12.6 Å². The molecule has 540 valence electrons. The fraction of sp³-hybridized carbons (Fsp3) is 0.318. The van der Waals surface area contributed by atoms with Gasteiger partial charge in [-0.3, -0.25) is 0 Å². The number of hydrogen-bond acceptors (Lipinski definition) is 16. The maximum Gasteiger partial charge on any atom is 0.187 e. The average molecular weight is 1400 g/mol. The second-order valence-corrected chi connectivity index (χ2v) is 26.1. The van der Waals surface area contributed by atoms with Gasteiger partial charge in [-0.2, -0.15) is 0 Å². The lowest BCUT2D eigenvalue weighted by Crippen LogP contribution is -2.66. The molecule has 0 bridgehead atoms. The summed E-state index contributed by atoms with van der Waals surface area (Å²) < 4.78 is 106. The molecule has 3 aliphatic heterocycles. The van der Waals surface area contributed by atoms with Gasteiger partial charge < -0.3 is 76.2 Å². The van der Waals surface area contributed by atoms with Crippen LogP contribution in [0, 0.1) is 0 Å². The minimum Gasteiger partial charge on any atom is -0.829 e. The summed E-state index contributed by atoms with van der Waals surface area (Å²) in [5.74, 6) is 0. The lowest BCUT2D eigenvalue weighted by atomic mass is 9.96. The van der Waals surface area contributed by atoms with Crippen molar-refractivity contribution in [2.24, 2.45) is 0 Å². The monoisotopic (exact) mass is 1400 g/mol. The minimum absolute atomic E-state index is 0.0981. The van der Waals surface area contributed by atoms with Crippen molar-refractivity contribution < 1.29 is 76.2 Å². The number of rotatable bonds is 37. The molecule has 16 heteroatoms. The molecular formula is C88H91O16-. The quantitative estimate of drug-likeness (QED) is 0.0361. The molecule has 10 aromatic carbocycles. The maximum atomic E-state index is 15.0. The molecule has 10 aromatic rings. The molecule has 16 nitrogen and oxygen atoms in total. The van der Waals surface area contributed by atoms with E-state index in [0.717, 1.165) is 55.6 Å². The smallest absolute Gasteiger partial charge is 0.187 e. The zero-order valence-corrected chi connectivity index (χ0v) is 58.3. The van der Waals surface area contributed by atoms with E-state index in [1.807, 2.05) is 303 Å². The molecule has 1 unspecified atom stereocenters. The van der Waals surface area contributed by atoms with Crippen LogP contribution in [0.3, 0.4) is 0 Å². The van der Waals surface area contributed by atoms with E-state index < -0.39 is 92.1 Å². The molecule has 0 amide bonds. The summed E-state index contributed by atoms with van der Waals surface area (Å²) in [5, 5.41) is 15.0. The SMILES string of the molecule is [O-]C1O[C@H](CO[C@H]2O[C@H](CO[C@H]3O[C@H](COCc4ccccc4)[C@H](OCc4ccccc4)[C@H](OCc4ccccc4)[C@H]3OCc3ccccc3)[C@H](OCc3ccccc3)[C@H](OCc3ccccc3)[C@H]2OCc2ccccc2)[C@@H](OCc2ccccc2)[C@H](OCc2ccccc2)[C@H]1OCc1ccccc1. The van der Waals surface area contributed by atoms with Crippen LogP contribution in [0.2, 0.25) is 0 Å². The van der Waals surface area contributed by atoms with E-state index in [2.05, 4.69) is 0 Å². The number of benzene rings is 10. The van der Waals surface area contributed by atoms with Gasteiger partial charge in [0.05, 0.1) is 92.0 Å². The van der Waals surface area contributed by atoms with Gasteiger partial charge in [-0.05, 0) is 55.6 Å². The Morgan fingerprint density at radius 3 is 0.644 bits per heavy atom. The van der Waals surface area contributed by atoms with Crippen molar-refractivity contribution in [1.29, 1.82) is 0 Å². The number of hydrogen-bond donors (Lipinski definition) is 0. The maximum absolute atomic E-state index is 15.0. The normalized spacial score (nSPS) is 24.8. The Morgan fingerprint density at radius 1 is 0.192 bits per heavy atom. The van der Waals surface area contributed by atoms with Gasteiger partial charge in [-0.1, -0.05) is 303 Å². The number of ether oxygens (including phenoxy) is 15. The Balaban J connectivity index is 0.872. The van der Waals surface area contributed by atoms with Crippen LogP contribution >= 0.6 is 0 Å². The molecule has 3 aliphatic rings. The molecule has 15 atom stereocenters. The van der Waals surface area contributed by atoms with Crippen LogP contribution in [0.5, 0.6) is 0 Å². The molecular weight excluding hydrogens is 1310 g/mol. The fourth-order valence-electron chi connectivity index (χ4n) is 13.2. The van der Waals surface area contributed by atoms with E-state index in [-0.39, 0.29) is 79.3 Å². The summed E-state index contributed by atoms with van der Waals surface area (Å²) in [6.07, 6.45) is -15.3. The molecule has 0 radical (unpaired) electrons. The Bertz CT molecular complexity index is 3960. The largest absolute Gasteiger partial charge is 0.829 e. The van der Waals surface area contributed by atoms with Crippen LogP contribution in [-0.2, 0) is 137 Å². The summed E-state index contributed by atoms with van der Waals surface area (Å²) >= 11 is 0. The van der Waals surface area contributed by atoms with E-state index in [9.17, 15) is 5.11 Å². The Labute approximate surface area is 610 Å². The summed E-state index contributed by atoms with van der Waals surface area (Å²) in [6.45, 7) is 1.51. The zero-order valence-electron chi connectivity index (χ0n) is 58.3. The third-order valence-electron chi connectivity index (χ3n) is 18.6. The Morgan fingerprint density at radius 2 is 0.385 bits per heavy atom. The summed E-state index contributed by atoms with van der Waals surface area (Å²) in [7, 11) is 0. The molecule has 0 aliphatic carbocycles. The first-order chi connectivity index (χ1) is 51.5. The first-order valence-corrected chi connectivity index (χ1v) is 35.9. The topological polar surface area (TPSA) is 162 Å². The third-order valence-corrected chi connectivity index (χ3v) is 18.6. The van der Waals surface area contributed by atoms with Crippen molar-refractivity contribution in [2.45, 2.75) is 158 Å². The molecule has 3 fully saturated rings. The Hall–Kier alpha value is -8.44. The van der Waals surface area contributed by atoms with Gasteiger partial charge in [0.2, 0.25) is 0 Å². The van der Waals surface area contributed by atoms with E-state index in [0.29, 0.717) is 6.61 Å². The van der Waals surface area contributed by atoms with E-state index in [4.69, 9.17) is 71.1 Å². The molecule has 13 rings (SSSR count). The summed E-state index contributed by atoms with van der Waals surface area (Å²) in [5.41, 5.74) is 9.24. The predicted molar refractivity (Wildman–Crippen MR) is 389 cm³/mol. The summed E-state index contributed by atoms with van der Waals surface area (Å²) in [4.78, 5) is 0. The highest BCUT2D eigenvalue weighted by Crippen LogP contribution is 2.37. The molecule has 0 spiro atoms. The predicted octanol–water partition coefficient (Wildman–Crippen LogP) is 14.0. The standard InChI is InChI=1S/C88H91O16/c89-86-83(97-58-71-45-25-8-26-46-71)80(94-55-68-39-19-5-20-40-68)78(92-53-66-35-15-3-16-36-66)75(102-86)62-100-88-85(99-60-73-49-29-10-30-50-73)82(96-57-70-43-23-7-24-44-70)79(93-54-67-37-17-4-18-38-67)76(104-88)63-101-87-84(98-59-72-47-27-9-28-48-72)81(95-56-69-41-21-6-22-42-69)77(91-52-65-33-13-2-14-34-65)74(103-87)61-90-51-64-31-11-1-12-32-64/h1-50,74-88H,51-63H2/q-1/t74-,75-,76-,77+,78-,79+,80+,81+,82+,83-,84-,85-,86?,87+,88+/m1/s1.